The molecule has 0 unspecified atom stereocenters. The van der Waals surface area contributed by atoms with E-state index in [1.807, 2.05) is 24.3 Å². The average molecular weight is 382 g/mol. The highest BCUT2D eigenvalue weighted by Gasteiger charge is 2.04. The molecular formula is C19H22N6OS. The van der Waals surface area contributed by atoms with Gasteiger partial charge in [-0.2, -0.15) is 11.8 Å². The first-order valence-electron chi connectivity index (χ1n) is 8.70. The summed E-state index contributed by atoms with van der Waals surface area (Å²) < 4.78 is 0. The second kappa shape index (κ2) is 9.72. The van der Waals surface area contributed by atoms with Gasteiger partial charge in [0, 0.05) is 49.1 Å². The van der Waals surface area contributed by atoms with E-state index in [4.69, 9.17) is 5.73 Å². The van der Waals surface area contributed by atoms with Crippen LogP contribution in [-0.4, -0.2) is 32.2 Å². The summed E-state index contributed by atoms with van der Waals surface area (Å²) in [5.74, 6) is 2.26. The number of nitrogens with zero attached hydrogens (tertiary/aromatic N) is 3. The van der Waals surface area contributed by atoms with Crippen LogP contribution >= 0.6 is 11.8 Å². The summed E-state index contributed by atoms with van der Waals surface area (Å²) in [6, 6.07) is 7.50. The number of hydrogen-bond donors (Lipinski definition) is 3. The van der Waals surface area contributed by atoms with Crippen molar-refractivity contribution in [3.63, 3.8) is 0 Å². The maximum absolute atomic E-state index is 12.2. The molecule has 0 aliphatic carbocycles. The van der Waals surface area contributed by atoms with E-state index >= 15 is 0 Å². The molecule has 0 saturated carbocycles. The molecule has 3 aromatic rings. The van der Waals surface area contributed by atoms with E-state index in [0.29, 0.717) is 17.9 Å². The van der Waals surface area contributed by atoms with Gasteiger partial charge >= 0.3 is 0 Å². The smallest absolute Gasteiger partial charge is 0.255 e. The number of nitrogen functional groups attached to an aromatic ring is 1. The molecule has 8 heteroatoms. The lowest BCUT2D eigenvalue weighted by molar-refractivity contribution is 0.942. The lowest BCUT2D eigenvalue weighted by atomic mass is 10.1. The van der Waals surface area contributed by atoms with Gasteiger partial charge in [-0.05, 0) is 35.9 Å². The maximum Gasteiger partial charge on any atom is 0.255 e. The topological polar surface area (TPSA) is 110 Å². The molecule has 0 radical (unpaired) electrons. The van der Waals surface area contributed by atoms with Crippen LogP contribution in [0.25, 0.3) is 0 Å². The largest absolute Gasteiger partial charge is 0.397 e. The Kier molecular flexibility index (Phi) is 6.81. The van der Waals surface area contributed by atoms with E-state index in [2.05, 4.69) is 25.3 Å². The fraction of sp³-hybridized carbons (Fsp3) is 0.263. The Morgan fingerprint density at radius 3 is 2.81 bits per heavy atom. The predicted molar refractivity (Wildman–Crippen MR) is 110 cm³/mol. The molecule has 4 N–H and O–H groups in total. The summed E-state index contributed by atoms with van der Waals surface area (Å²) in [4.78, 5) is 27.6. The molecule has 27 heavy (non-hydrogen) atoms. The first-order valence-corrected chi connectivity index (χ1v) is 9.86. The van der Waals surface area contributed by atoms with Crippen LogP contribution < -0.4 is 16.6 Å². The maximum atomic E-state index is 12.2. The Balaban J connectivity index is 1.40. The third-order valence-electron chi connectivity index (χ3n) is 3.91. The highest BCUT2D eigenvalue weighted by molar-refractivity contribution is 7.98. The van der Waals surface area contributed by atoms with E-state index in [1.165, 1.54) is 0 Å². The summed E-state index contributed by atoms with van der Waals surface area (Å²) in [7, 11) is 0. The molecule has 0 spiro atoms. The third kappa shape index (κ3) is 5.82. The molecule has 140 valence electrons. The summed E-state index contributed by atoms with van der Waals surface area (Å²) in [5.41, 5.74) is 9.01. The quantitative estimate of drug-likeness (QED) is 0.488. The molecule has 0 saturated heterocycles. The standard InChI is InChI=1S/C19H22N6OS/c20-16-5-2-7-22-17(16)13-27-9-3-8-23-19-24-12-15(18(26)25-19)10-14-4-1-6-21-11-14/h1-2,4-7,11-12H,3,8-10,13,20H2,(H2,23,24,25,26). The van der Waals surface area contributed by atoms with Crippen LogP contribution in [0.4, 0.5) is 11.6 Å². The zero-order chi connectivity index (χ0) is 18.9. The van der Waals surface area contributed by atoms with Crippen LogP contribution in [0.5, 0.6) is 0 Å². The van der Waals surface area contributed by atoms with Crippen LogP contribution in [0.2, 0.25) is 0 Å². The fourth-order valence-corrected chi connectivity index (χ4v) is 3.41. The molecule has 7 nitrogen and oxygen atoms in total. The number of anilines is 2. The van der Waals surface area contributed by atoms with Crippen molar-refractivity contribution in [3.8, 4) is 0 Å². The molecule has 0 atom stereocenters. The van der Waals surface area contributed by atoms with Gasteiger partial charge in [0.05, 0.1) is 11.4 Å². The minimum Gasteiger partial charge on any atom is -0.397 e. The van der Waals surface area contributed by atoms with Gasteiger partial charge in [-0.3, -0.25) is 19.7 Å². The summed E-state index contributed by atoms with van der Waals surface area (Å²) >= 11 is 1.78. The van der Waals surface area contributed by atoms with Crippen molar-refractivity contribution in [3.05, 3.63) is 76.2 Å². The van der Waals surface area contributed by atoms with Gasteiger partial charge in [0.2, 0.25) is 5.95 Å². The van der Waals surface area contributed by atoms with Crippen LogP contribution in [0.3, 0.4) is 0 Å². The number of H-pyrrole nitrogens is 1. The van der Waals surface area contributed by atoms with Gasteiger partial charge in [0.15, 0.2) is 0 Å². The number of nitrogens with one attached hydrogen (secondary N) is 2. The van der Waals surface area contributed by atoms with Crippen molar-refractivity contribution in [2.24, 2.45) is 0 Å². The average Bonchev–Trinajstić information content (AvgIpc) is 2.69. The van der Waals surface area contributed by atoms with Crippen molar-refractivity contribution in [2.45, 2.75) is 18.6 Å². The normalized spacial score (nSPS) is 10.7. The predicted octanol–water partition coefficient (Wildman–Crippen LogP) is 2.47. The Bertz CT molecular complexity index is 915. The Hall–Kier alpha value is -2.87. The van der Waals surface area contributed by atoms with E-state index < -0.39 is 0 Å². The minimum atomic E-state index is -0.128. The minimum absolute atomic E-state index is 0.128. The van der Waals surface area contributed by atoms with Gasteiger partial charge in [-0.15, -0.1) is 0 Å². The summed E-state index contributed by atoms with van der Waals surface area (Å²) in [6.45, 7) is 0.732. The van der Waals surface area contributed by atoms with E-state index in [1.54, 1.807) is 36.5 Å². The number of hydrogen-bond acceptors (Lipinski definition) is 7. The molecule has 0 bridgehead atoms. The monoisotopic (exact) mass is 382 g/mol. The van der Waals surface area contributed by atoms with Crippen LogP contribution in [-0.2, 0) is 12.2 Å². The molecule has 0 fully saturated rings. The third-order valence-corrected chi connectivity index (χ3v) is 4.97. The van der Waals surface area contributed by atoms with Gasteiger partial charge in [-0.1, -0.05) is 6.07 Å². The highest BCUT2D eigenvalue weighted by atomic mass is 32.2. The number of pyridine rings is 2. The van der Waals surface area contributed by atoms with Crippen molar-refractivity contribution in [1.29, 1.82) is 0 Å². The van der Waals surface area contributed by atoms with Crippen molar-refractivity contribution in [1.82, 2.24) is 19.9 Å². The van der Waals surface area contributed by atoms with Crippen molar-refractivity contribution in [2.75, 3.05) is 23.3 Å². The molecule has 0 aliphatic rings. The van der Waals surface area contributed by atoms with E-state index in [9.17, 15) is 4.79 Å². The SMILES string of the molecule is Nc1cccnc1CSCCCNc1ncc(Cc2cccnc2)c(=O)[nH]1. The Morgan fingerprint density at radius 2 is 2.04 bits per heavy atom. The van der Waals surface area contributed by atoms with E-state index in [-0.39, 0.29) is 5.56 Å². The van der Waals surface area contributed by atoms with E-state index in [0.717, 1.165) is 41.4 Å². The van der Waals surface area contributed by atoms with Gasteiger partial charge in [-0.25, -0.2) is 4.98 Å². The Morgan fingerprint density at radius 1 is 1.15 bits per heavy atom. The lowest BCUT2D eigenvalue weighted by Gasteiger charge is -2.07. The number of nitrogens with two attached hydrogens (primary N) is 1. The number of rotatable bonds is 9. The first-order chi connectivity index (χ1) is 13.2. The van der Waals surface area contributed by atoms with Crippen LogP contribution in [0.1, 0.15) is 23.2 Å². The summed E-state index contributed by atoms with van der Waals surface area (Å²) in [5, 5.41) is 3.15. The summed E-state index contributed by atoms with van der Waals surface area (Å²) in [6.07, 6.45) is 8.30. The zero-order valence-corrected chi connectivity index (χ0v) is 15.7. The van der Waals surface area contributed by atoms with Gasteiger partial charge in [0.25, 0.3) is 5.56 Å². The second-order valence-corrected chi connectivity index (χ2v) is 7.10. The van der Waals surface area contributed by atoms with Gasteiger partial charge in [0.1, 0.15) is 0 Å². The van der Waals surface area contributed by atoms with Gasteiger partial charge < -0.3 is 11.1 Å². The lowest BCUT2D eigenvalue weighted by Crippen LogP contribution is -2.17. The molecule has 0 aromatic carbocycles. The fourth-order valence-electron chi connectivity index (χ4n) is 2.48. The molecule has 0 amide bonds. The first kappa shape index (κ1) is 18.9. The zero-order valence-electron chi connectivity index (χ0n) is 14.9. The highest BCUT2D eigenvalue weighted by Crippen LogP contribution is 2.16. The molecular weight excluding hydrogens is 360 g/mol. The molecule has 3 rings (SSSR count). The molecule has 3 aromatic heterocycles. The Labute approximate surface area is 161 Å². The number of aromatic nitrogens is 4. The molecule has 0 aliphatic heterocycles. The molecule has 3 heterocycles. The van der Waals surface area contributed by atoms with Crippen LogP contribution in [0, 0.1) is 0 Å². The number of aromatic amines is 1. The van der Waals surface area contributed by atoms with Crippen molar-refractivity contribution < 1.29 is 0 Å². The second-order valence-electron chi connectivity index (χ2n) is 6.00. The number of thioether (sulfide) groups is 1. The van der Waals surface area contributed by atoms with Crippen molar-refractivity contribution >= 4 is 23.4 Å². The van der Waals surface area contributed by atoms with Crippen LogP contribution in [0.15, 0.2) is 53.8 Å².